The van der Waals surface area contributed by atoms with Crippen molar-refractivity contribution < 1.29 is 22.0 Å². The van der Waals surface area contributed by atoms with Crippen molar-refractivity contribution in [2.45, 2.75) is 4.90 Å². The summed E-state index contributed by atoms with van der Waals surface area (Å²) in [5.74, 6) is -2.55. The minimum atomic E-state index is -3.90. The smallest absolute Gasteiger partial charge is 0.261 e. The molecule has 5 nitrogen and oxygen atoms in total. The summed E-state index contributed by atoms with van der Waals surface area (Å²) >= 11 is 3.27. The summed E-state index contributed by atoms with van der Waals surface area (Å²) in [5.41, 5.74) is 0.306. The van der Waals surface area contributed by atoms with Gasteiger partial charge in [-0.3, -0.25) is 9.52 Å². The predicted molar refractivity (Wildman–Crippen MR) is 106 cm³/mol. The number of hydrogen-bond acceptors (Lipinski definition) is 3. The number of anilines is 2. The molecule has 0 unspecified atom stereocenters. The average Bonchev–Trinajstić information content (AvgIpc) is 2.63. The van der Waals surface area contributed by atoms with Crippen molar-refractivity contribution in [3.63, 3.8) is 0 Å². The van der Waals surface area contributed by atoms with Crippen molar-refractivity contribution in [3.05, 3.63) is 88.4 Å². The Kier molecular flexibility index (Phi) is 5.76. The van der Waals surface area contributed by atoms with Crippen LogP contribution in [0.15, 0.2) is 76.1 Å². The van der Waals surface area contributed by atoms with Crippen molar-refractivity contribution in [2.24, 2.45) is 0 Å². The van der Waals surface area contributed by atoms with Gasteiger partial charge in [0.05, 0.1) is 4.90 Å². The van der Waals surface area contributed by atoms with Crippen LogP contribution in [0.1, 0.15) is 10.4 Å². The third-order valence-electron chi connectivity index (χ3n) is 3.62. The Hall–Kier alpha value is -2.78. The third kappa shape index (κ3) is 4.93. The molecule has 0 aliphatic rings. The summed E-state index contributed by atoms with van der Waals surface area (Å²) in [5, 5.41) is 2.43. The molecule has 0 atom stereocenters. The number of carbonyl (C=O) groups excluding carboxylic acids is 1. The molecule has 3 aromatic carbocycles. The number of rotatable bonds is 5. The first-order valence-electron chi connectivity index (χ1n) is 7.89. The van der Waals surface area contributed by atoms with Gasteiger partial charge in [-0.2, -0.15) is 0 Å². The maximum Gasteiger partial charge on any atom is 0.261 e. The maximum absolute atomic E-state index is 13.3. The lowest BCUT2D eigenvalue weighted by molar-refractivity contribution is 0.102. The fourth-order valence-corrected chi connectivity index (χ4v) is 3.73. The summed E-state index contributed by atoms with van der Waals surface area (Å²) in [4.78, 5) is 12.1. The van der Waals surface area contributed by atoms with Gasteiger partial charge < -0.3 is 5.32 Å². The standard InChI is InChI=1S/C19H13BrF2N2O3S/c20-13-4-6-16(7-5-13)24-28(26,27)18-3-1-2-17(11-18)23-19(25)12-8-14(21)10-15(22)9-12/h1-11,24H,(H,23,25). The second kappa shape index (κ2) is 8.07. The van der Waals surface area contributed by atoms with E-state index in [9.17, 15) is 22.0 Å². The van der Waals surface area contributed by atoms with Crippen LogP contribution < -0.4 is 10.0 Å². The molecule has 0 radical (unpaired) electrons. The van der Waals surface area contributed by atoms with E-state index >= 15 is 0 Å². The largest absolute Gasteiger partial charge is 0.322 e. The van der Waals surface area contributed by atoms with Gasteiger partial charge in [-0.15, -0.1) is 0 Å². The molecule has 0 spiro atoms. The Morgan fingerprint density at radius 1 is 0.857 bits per heavy atom. The van der Waals surface area contributed by atoms with Gasteiger partial charge in [0, 0.05) is 27.5 Å². The van der Waals surface area contributed by atoms with E-state index < -0.39 is 27.6 Å². The van der Waals surface area contributed by atoms with Crippen LogP contribution in [0.2, 0.25) is 0 Å². The van der Waals surface area contributed by atoms with Crippen LogP contribution in [-0.2, 0) is 10.0 Å². The lowest BCUT2D eigenvalue weighted by atomic mass is 10.2. The van der Waals surface area contributed by atoms with E-state index in [1.54, 1.807) is 24.3 Å². The zero-order valence-electron chi connectivity index (χ0n) is 14.1. The van der Waals surface area contributed by atoms with Gasteiger partial charge in [0.25, 0.3) is 15.9 Å². The Labute approximate surface area is 168 Å². The van der Waals surface area contributed by atoms with Crippen LogP contribution in [0, 0.1) is 11.6 Å². The summed E-state index contributed by atoms with van der Waals surface area (Å²) < 4.78 is 54.9. The van der Waals surface area contributed by atoms with Crippen LogP contribution in [-0.4, -0.2) is 14.3 Å². The molecule has 3 rings (SSSR count). The van der Waals surface area contributed by atoms with Crippen LogP contribution in [0.4, 0.5) is 20.2 Å². The SMILES string of the molecule is O=C(Nc1cccc(S(=O)(=O)Nc2ccc(Br)cc2)c1)c1cc(F)cc(F)c1. The molecule has 0 aliphatic carbocycles. The van der Waals surface area contributed by atoms with Gasteiger partial charge in [0.15, 0.2) is 0 Å². The lowest BCUT2D eigenvalue weighted by Crippen LogP contribution is -2.15. The number of benzene rings is 3. The van der Waals surface area contributed by atoms with Crippen molar-refractivity contribution in [3.8, 4) is 0 Å². The fourth-order valence-electron chi connectivity index (χ4n) is 2.36. The summed E-state index contributed by atoms with van der Waals surface area (Å²) in [7, 11) is -3.90. The van der Waals surface area contributed by atoms with E-state index in [2.05, 4.69) is 26.0 Å². The second-order valence-electron chi connectivity index (χ2n) is 5.75. The van der Waals surface area contributed by atoms with Crippen LogP contribution in [0.5, 0.6) is 0 Å². The van der Waals surface area contributed by atoms with E-state index in [4.69, 9.17) is 0 Å². The van der Waals surface area contributed by atoms with Crippen molar-refractivity contribution >= 4 is 43.2 Å². The topological polar surface area (TPSA) is 75.3 Å². The molecule has 3 aromatic rings. The van der Waals surface area contributed by atoms with Crippen molar-refractivity contribution in [2.75, 3.05) is 10.0 Å². The minimum Gasteiger partial charge on any atom is -0.322 e. The summed E-state index contributed by atoms with van der Waals surface area (Å²) in [6, 6.07) is 14.5. The van der Waals surface area contributed by atoms with Gasteiger partial charge in [-0.05, 0) is 54.6 Å². The normalized spacial score (nSPS) is 11.1. The van der Waals surface area contributed by atoms with Crippen LogP contribution in [0.25, 0.3) is 0 Å². The minimum absolute atomic E-state index is 0.0846. The van der Waals surface area contributed by atoms with Gasteiger partial charge in [-0.1, -0.05) is 22.0 Å². The molecule has 0 aliphatic heterocycles. The quantitative estimate of drug-likeness (QED) is 0.567. The number of nitrogens with one attached hydrogen (secondary N) is 2. The maximum atomic E-state index is 13.3. The molecule has 1 amide bonds. The average molecular weight is 467 g/mol. The first kappa shape index (κ1) is 20.0. The number of carbonyl (C=O) groups is 1. The molecule has 2 N–H and O–H groups in total. The summed E-state index contributed by atoms with van der Waals surface area (Å²) in [6.07, 6.45) is 0. The van der Waals surface area contributed by atoms with Gasteiger partial charge in [-0.25, -0.2) is 17.2 Å². The molecule has 28 heavy (non-hydrogen) atoms. The number of halogens is 3. The van der Waals surface area contributed by atoms with Crippen LogP contribution in [0.3, 0.4) is 0 Å². The van der Waals surface area contributed by atoms with Gasteiger partial charge in [0.2, 0.25) is 0 Å². The summed E-state index contributed by atoms with van der Waals surface area (Å²) in [6.45, 7) is 0. The fraction of sp³-hybridized carbons (Fsp3) is 0. The molecule has 0 saturated heterocycles. The van der Waals surface area contributed by atoms with E-state index in [1.807, 2.05) is 0 Å². The molecular formula is C19H13BrF2N2O3S. The Balaban J connectivity index is 1.81. The highest BCUT2D eigenvalue weighted by atomic mass is 79.9. The van der Waals surface area contributed by atoms with Crippen molar-refractivity contribution in [1.82, 2.24) is 0 Å². The first-order valence-corrected chi connectivity index (χ1v) is 10.2. The predicted octanol–water partition coefficient (Wildman–Crippen LogP) is 4.78. The Morgan fingerprint density at radius 3 is 2.14 bits per heavy atom. The zero-order valence-corrected chi connectivity index (χ0v) is 16.5. The van der Waals surface area contributed by atoms with Gasteiger partial charge >= 0.3 is 0 Å². The number of hydrogen-bond donors (Lipinski definition) is 2. The van der Waals surface area contributed by atoms with E-state index in [-0.39, 0.29) is 16.1 Å². The molecular weight excluding hydrogens is 454 g/mol. The third-order valence-corrected chi connectivity index (χ3v) is 5.53. The van der Waals surface area contributed by atoms with Crippen LogP contribution >= 0.6 is 15.9 Å². The highest BCUT2D eigenvalue weighted by Crippen LogP contribution is 2.21. The molecule has 0 fully saturated rings. The van der Waals surface area contributed by atoms with E-state index in [1.165, 1.54) is 24.3 Å². The molecule has 0 aromatic heterocycles. The molecule has 0 heterocycles. The van der Waals surface area contributed by atoms with E-state index in [0.29, 0.717) is 11.8 Å². The number of amides is 1. The highest BCUT2D eigenvalue weighted by Gasteiger charge is 2.16. The Bertz CT molecular complexity index is 1120. The first-order chi connectivity index (χ1) is 13.2. The second-order valence-corrected chi connectivity index (χ2v) is 8.35. The highest BCUT2D eigenvalue weighted by molar-refractivity contribution is 9.10. The van der Waals surface area contributed by atoms with E-state index in [0.717, 1.165) is 16.6 Å². The van der Waals surface area contributed by atoms with Gasteiger partial charge in [0.1, 0.15) is 11.6 Å². The Morgan fingerprint density at radius 2 is 1.50 bits per heavy atom. The lowest BCUT2D eigenvalue weighted by Gasteiger charge is -2.10. The number of sulfonamides is 1. The van der Waals surface area contributed by atoms with Crippen molar-refractivity contribution in [1.29, 1.82) is 0 Å². The monoisotopic (exact) mass is 466 g/mol. The molecule has 0 bridgehead atoms. The molecule has 144 valence electrons. The molecule has 9 heteroatoms. The zero-order chi connectivity index (χ0) is 20.3. The molecule has 0 saturated carbocycles.